The number of piperidine rings is 1. The molecule has 0 radical (unpaired) electrons. The highest BCUT2D eigenvalue weighted by Gasteiger charge is 2.32. The molecule has 2 saturated heterocycles. The van der Waals surface area contributed by atoms with Crippen molar-refractivity contribution >= 4 is 12.1 Å². The molecule has 3 unspecified atom stereocenters. The SMILES string of the molecule is CNCC(CC1CCOCC1)NC(=O)N1CCCC(C(OCCNC(=O)O)c2cc(C)cc(C)c2)C1. The van der Waals surface area contributed by atoms with Crippen molar-refractivity contribution in [1.82, 2.24) is 20.9 Å². The Morgan fingerprint density at radius 3 is 2.56 bits per heavy atom. The number of likely N-dealkylation sites (N-methyl/N-ethyl adjacent to an activating group) is 1. The van der Waals surface area contributed by atoms with Crippen LogP contribution in [0, 0.1) is 25.7 Å². The number of hydrogen-bond donors (Lipinski definition) is 4. The fourth-order valence-electron chi connectivity index (χ4n) is 5.55. The molecule has 2 fully saturated rings. The van der Waals surface area contributed by atoms with Crippen molar-refractivity contribution in [2.75, 3.05) is 53.0 Å². The second kappa shape index (κ2) is 14.4. The van der Waals surface area contributed by atoms with Crippen LogP contribution >= 0.6 is 0 Å². The lowest BCUT2D eigenvalue weighted by Gasteiger charge is -2.38. The molecule has 4 N–H and O–H groups in total. The Kier molecular flexibility index (Phi) is 11.3. The number of amides is 3. The van der Waals surface area contributed by atoms with E-state index in [0.717, 1.165) is 75.1 Å². The quantitative estimate of drug-likeness (QED) is 0.344. The molecule has 0 aliphatic carbocycles. The van der Waals surface area contributed by atoms with Gasteiger partial charge in [0.1, 0.15) is 0 Å². The second-order valence-electron chi connectivity index (χ2n) is 10.3. The summed E-state index contributed by atoms with van der Waals surface area (Å²) in [4.78, 5) is 26.1. The van der Waals surface area contributed by atoms with Gasteiger partial charge in [0.05, 0.1) is 12.7 Å². The average Bonchev–Trinajstić information content (AvgIpc) is 2.84. The lowest BCUT2D eigenvalue weighted by molar-refractivity contribution is -0.00861. The van der Waals surface area contributed by atoms with E-state index in [1.165, 1.54) is 0 Å². The van der Waals surface area contributed by atoms with Gasteiger partial charge in [-0.05, 0) is 64.5 Å². The third-order valence-electron chi connectivity index (χ3n) is 7.16. The maximum absolute atomic E-state index is 13.3. The van der Waals surface area contributed by atoms with Crippen LogP contribution < -0.4 is 16.0 Å². The lowest BCUT2D eigenvalue weighted by atomic mass is 9.87. The van der Waals surface area contributed by atoms with Crippen molar-refractivity contribution in [2.24, 2.45) is 11.8 Å². The van der Waals surface area contributed by atoms with Gasteiger partial charge in [0.25, 0.3) is 0 Å². The van der Waals surface area contributed by atoms with Gasteiger partial charge >= 0.3 is 12.1 Å². The van der Waals surface area contributed by atoms with E-state index in [1.807, 2.05) is 11.9 Å². The van der Waals surface area contributed by atoms with Crippen molar-refractivity contribution in [1.29, 1.82) is 0 Å². The molecule has 2 aliphatic rings. The van der Waals surface area contributed by atoms with E-state index in [-0.39, 0.29) is 37.2 Å². The van der Waals surface area contributed by atoms with E-state index in [2.05, 4.69) is 48.0 Å². The first-order valence-electron chi connectivity index (χ1n) is 13.3. The minimum absolute atomic E-state index is 0.0151. The minimum Gasteiger partial charge on any atom is -0.465 e. The van der Waals surface area contributed by atoms with Gasteiger partial charge in [0, 0.05) is 51.4 Å². The van der Waals surface area contributed by atoms with Crippen LogP contribution in [-0.4, -0.2) is 81.2 Å². The molecule has 36 heavy (non-hydrogen) atoms. The number of benzene rings is 1. The zero-order valence-electron chi connectivity index (χ0n) is 22.1. The molecule has 3 atom stereocenters. The predicted molar refractivity (Wildman–Crippen MR) is 139 cm³/mol. The monoisotopic (exact) mass is 504 g/mol. The van der Waals surface area contributed by atoms with Crippen LogP contribution in [-0.2, 0) is 9.47 Å². The van der Waals surface area contributed by atoms with Crippen LogP contribution in [0.2, 0.25) is 0 Å². The highest BCUT2D eigenvalue weighted by atomic mass is 16.5. The van der Waals surface area contributed by atoms with Gasteiger partial charge < -0.3 is 35.4 Å². The van der Waals surface area contributed by atoms with Crippen molar-refractivity contribution in [3.63, 3.8) is 0 Å². The van der Waals surface area contributed by atoms with E-state index in [9.17, 15) is 9.59 Å². The Labute approximate surface area is 215 Å². The Hall–Kier alpha value is -2.36. The fourth-order valence-corrected chi connectivity index (χ4v) is 5.55. The van der Waals surface area contributed by atoms with Gasteiger partial charge in [-0.2, -0.15) is 0 Å². The van der Waals surface area contributed by atoms with Crippen LogP contribution in [0.15, 0.2) is 18.2 Å². The lowest BCUT2D eigenvalue weighted by Crippen LogP contribution is -2.52. The Bertz CT molecular complexity index is 825. The van der Waals surface area contributed by atoms with Crippen molar-refractivity contribution < 1.29 is 24.2 Å². The molecular weight excluding hydrogens is 460 g/mol. The molecule has 3 amide bonds. The van der Waals surface area contributed by atoms with Gasteiger partial charge in [-0.3, -0.25) is 0 Å². The maximum atomic E-state index is 13.3. The molecule has 9 heteroatoms. The van der Waals surface area contributed by atoms with E-state index >= 15 is 0 Å². The molecule has 1 aromatic carbocycles. The third-order valence-corrected chi connectivity index (χ3v) is 7.16. The largest absolute Gasteiger partial charge is 0.465 e. The predicted octanol–water partition coefficient (Wildman–Crippen LogP) is 3.46. The number of carbonyl (C=O) groups is 2. The summed E-state index contributed by atoms with van der Waals surface area (Å²) in [6.45, 7) is 8.34. The number of nitrogens with zero attached hydrogens (tertiary/aromatic N) is 1. The zero-order valence-corrected chi connectivity index (χ0v) is 22.1. The summed E-state index contributed by atoms with van der Waals surface area (Å²) in [6.07, 6.45) is 3.66. The van der Waals surface area contributed by atoms with Crippen LogP contribution in [0.4, 0.5) is 9.59 Å². The fraction of sp³-hybridized carbons (Fsp3) is 0.704. The van der Waals surface area contributed by atoms with Gasteiger partial charge in [-0.1, -0.05) is 29.3 Å². The van der Waals surface area contributed by atoms with Crippen LogP contribution in [0.25, 0.3) is 0 Å². The number of nitrogens with one attached hydrogen (secondary N) is 3. The number of hydrogen-bond acceptors (Lipinski definition) is 5. The minimum atomic E-state index is -1.06. The average molecular weight is 505 g/mol. The summed E-state index contributed by atoms with van der Waals surface area (Å²) < 4.78 is 11.8. The van der Waals surface area contributed by atoms with Crippen molar-refractivity contribution in [3.05, 3.63) is 34.9 Å². The highest BCUT2D eigenvalue weighted by Crippen LogP contribution is 2.34. The molecule has 2 aliphatic heterocycles. The molecule has 0 bridgehead atoms. The summed E-state index contributed by atoms with van der Waals surface area (Å²) in [5.74, 6) is 0.710. The van der Waals surface area contributed by atoms with Crippen LogP contribution in [0.1, 0.15) is 54.9 Å². The Morgan fingerprint density at radius 1 is 1.17 bits per heavy atom. The summed E-state index contributed by atoms with van der Waals surface area (Å²) >= 11 is 0. The van der Waals surface area contributed by atoms with Crippen LogP contribution in [0.5, 0.6) is 0 Å². The molecule has 202 valence electrons. The molecule has 0 aromatic heterocycles. The highest BCUT2D eigenvalue weighted by molar-refractivity contribution is 5.74. The maximum Gasteiger partial charge on any atom is 0.404 e. The summed E-state index contributed by atoms with van der Waals surface area (Å²) in [5.41, 5.74) is 3.41. The first-order valence-corrected chi connectivity index (χ1v) is 13.3. The van der Waals surface area contributed by atoms with Gasteiger partial charge in [-0.25, -0.2) is 9.59 Å². The normalized spacial score (nSPS) is 20.5. The smallest absolute Gasteiger partial charge is 0.404 e. The molecule has 2 heterocycles. The van der Waals surface area contributed by atoms with E-state index in [1.54, 1.807) is 0 Å². The van der Waals surface area contributed by atoms with E-state index in [4.69, 9.17) is 14.6 Å². The zero-order chi connectivity index (χ0) is 25.9. The second-order valence-corrected chi connectivity index (χ2v) is 10.3. The number of ether oxygens (including phenoxy) is 2. The molecule has 0 spiro atoms. The topological polar surface area (TPSA) is 112 Å². The van der Waals surface area contributed by atoms with Gasteiger partial charge in [0.15, 0.2) is 0 Å². The molecule has 3 rings (SSSR count). The summed E-state index contributed by atoms with van der Waals surface area (Å²) in [6, 6.07) is 6.47. The van der Waals surface area contributed by atoms with Gasteiger partial charge in [-0.15, -0.1) is 0 Å². The van der Waals surface area contributed by atoms with Crippen molar-refractivity contribution in [2.45, 2.75) is 58.1 Å². The Balaban J connectivity index is 1.65. The van der Waals surface area contributed by atoms with Gasteiger partial charge in [0.2, 0.25) is 0 Å². The number of rotatable bonds is 11. The first-order chi connectivity index (χ1) is 17.4. The first kappa shape index (κ1) is 28.2. The van der Waals surface area contributed by atoms with E-state index in [0.29, 0.717) is 12.5 Å². The number of aryl methyl sites for hydroxylation is 2. The Morgan fingerprint density at radius 2 is 1.89 bits per heavy atom. The number of likely N-dealkylation sites (tertiary alicyclic amines) is 1. The van der Waals surface area contributed by atoms with Crippen molar-refractivity contribution in [3.8, 4) is 0 Å². The standard InChI is InChI=1S/C27H44N4O5/c1-19-13-20(2)15-23(14-19)25(36-12-8-29-27(33)34)22-5-4-9-31(18-22)26(32)30-24(17-28-3)16-21-6-10-35-11-7-21/h13-15,21-22,24-25,28-29H,4-12,16-18H2,1-3H3,(H,30,32)(H,33,34). The molecule has 9 nitrogen and oxygen atoms in total. The molecule has 0 saturated carbocycles. The number of carbonyl (C=O) groups excluding carboxylic acids is 1. The third kappa shape index (κ3) is 8.94. The molecule has 1 aromatic rings. The number of urea groups is 1. The summed E-state index contributed by atoms with van der Waals surface area (Å²) in [5, 5.41) is 17.8. The van der Waals surface area contributed by atoms with Crippen LogP contribution in [0.3, 0.4) is 0 Å². The number of carboxylic acid groups (broad SMARTS) is 1. The van der Waals surface area contributed by atoms with E-state index < -0.39 is 6.09 Å². The summed E-state index contributed by atoms with van der Waals surface area (Å²) in [7, 11) is 1.92. The molecular formula is C27H44N4O5.